The maximum absolute atomic E-state index is 12.2. The number of carbonyl (C=O) groups is 1. The van der Waals surface area contributed by atoms with Gasteiger partial charge in [-0.15, -0.1) is 11.8 Å². The van der Waals surface area contributed by atoms with E-state index in [4.69, 9.17) is 5.26 Å². The van der Waals surface area contributed by atoms with Gasteiger partial charge in [0.05, 0.1) is 17.4 Å². The number of nitrogens with zero attached hydrogens (tertiary/aromatic N) is 2. The Kier molecular flexibility index (Phi) is 6.13. The van der Waals surface area contributed by atoms with Crippen molar-refractivity contribution in [3.8, 4) is 6.07 Å². The zero-order chi connectivity index (χ0) is 15.1. The summed E-state index contributed by atoms with van der Waals surface area (Å²) < 4.78 is 0. The number of hydrogen-bond donors (Lipinski definition) is 0. The monoisotopic (exact) mass is 302 g/mol. The van der Waals surface area contributed by atoms with E-state index in [1.807, 2.05) is 29.2 Å². The molecule has 1 heterocycles. The molecule has 0 radical (unpaired) electrons. The Bertz CT molecular complexity index is 507. The van der Waals surface area contributed by atoms with Crippen molar-refractivity contribution in [2.75, 3.05) is 18.8 Å². The smallest absolute Gasteiger partial charge is 0.232 e. The van der Waals surface area contributed by atoms with E-state index in [9.17, 15) is 4.79 Å². The van der Waals surface area contributed by atoms with E-state index in [1.54, 1.807) is 11.8 Å². The van der Waals surface area contributed by atoms with Crippen molar-refractivity contribution in [3.05, 3.63) is 35.4 Å². The molecule has 4 heteroatoms. The molecule has 0 N–H and O–H groups in total. The van der Waals surface area contributed by atoms with Gasteiger partial charge in [0.1, 0.15) is 0 Å². The highest BCUT2D eigenvalue weighted by Crippen LogP contribution is 2.20. The lowest BCUT2D eigenvalue weighted by Crippen LogP contribution is -2.40. The van der Waals surface area contributed by atoms with Crippen LogP contribution in [0.2, 0.25) is 0 Å². The van der Waals surface area contributed by atoms with E-state index in [0.717, 1.165) is 30.8 Å². The van der Waals surface area contributed by atoms with E-state index in [1.165, 1.54) is 12.8 Å². The first-order valence-corrected chi connectivity index (χ1v) is 8.73. The zero-order valence-electron chi connectivity index (χ0n) is 12.5. The third-order valence-corrected chi connectivity index (χ3v) is 5.01. The molecule has 0 spiro atoms. The normalized spacial score (nSPS) is 18.3. The molecule has 3 nitrogen and oxygen atoms in total. The van der Waals surface area contributed by atoms with E-state index in [2.05, 4.69) is 13.0 Å². The lowest BCUT2D eigenvalue weighted by molar-refractivity contribution is -0.130. The quantitative estimate of drug-likeness (QED) is 0.837. The summed E-state index contributed by atoms with van der Waals surface area (Å²) in [5, 5.41) is 8.76. The largest absolute Gasteiger partial charge is 0.342 e. The number of amides is 1. The van der Waals surface area contributed by atoms with Crippen LogP contribution in [-0.4, -0.2) is 29.6 Å². The van der Waals surface area contributed by atoms with Crippen LogP contribution in [0.5, 0.6) is 0 Å². The average Bonchev–Trinajstić information content (AvgIpc) is 2.55. The molecule has 1 saturated heterocycles. The number of hydrogen-bond acceptors (Lipinski definition) is 3. The molecule has 1 amide bonds. The van der Waals surface area contributed by atoms with Gasteiger partial charge in [-0.05, 0) is 36.5 Å². The van der Waals surface area contributed by atoms with Gasteiger partial charge in [-0.2, -0.15) is 5.26 Å². The Labute approximate surface area is 131 Å². The second-order valence-electron chi connectivity index (χ2n) is 5.56. The molecule has 1 aromatic carbocycles. The lowest BCUT2D eigenvalue weighted by atomic mass is 9.96. The van der Waals surface area contributed by atoms with Crippen LogP contribution in [0, 0.1) is 17.2 Å². The van der Waals surface area contributed by atoms with Crippen LogP contribution in [0.15, 0.2) is 24.3 Å². The van der Waals surface area contributed by atoms with E-state index in [0.29, 0.717) is 17.2 Å². The molecule has 1 unspecified atom stereocenters. The molecule has 21 heavy (non-hydrogen) atoms. The summed E-state index contributed by atoms with van der Waals surface area (Å²) in [6.45, 7) is 4.07. The number of carbonyl (C=O) groups excluding carboxylic acids is 1. The molecule has 112 valence electrons. The number of thioether (sulfide) groups is 1. The molecule has 1 aliphatic heterocycles. The topological polar surface area (TPSA) is 44.1 Å². The Balaban J connectivity index is 1.74. The van der Waals surface area contributed by atoms with Gasteiger partial charge in [0.25, 0.3) is 0 Å². The molecule has 1 aromatic rings. The van der Waals surface area contributed by atoms with E-state index >= 15 is 0 Å². The van der Waals surface area contributed by atoms with Gasteiger partial charge < -0.3 is 4.90 Å². The third kappa shape index (κ3) is 4.78. The van der Waals surface area contributed by atoms with Crippen LogP contribution in [0.3, 0.4) is 0 Å². The van der Waals surface area contributed by atoms with Crippen LogP contribution < -0.4 is 0 Å². The number of nitriles is 1. The third-order valence-electron chi connectivity index (χ3n) is 4.03. The second-order valence-corrected chi connectivity index (χ2v) is 6.54. The van der Waals surface area contributed by atoms with Crippen molar-refractivity contribution in [1.82, 2.24) is 4.90 Å². The number of rotatable bonds is 5. The first kappa shape index (κ1) is 15.9. The predicted octanol–water partition coefficient (Wildman–Crippen LogP) is 3.44. The summed E-state index contributed by atoms with van der Waals surface area (Å²) >= 11 is 1.66. The Morgan fingerprint density at radius 2 is 2.19 bits per heavy atom. The molecular formula is C17H22N2OS. The highest BCUT2D eigenvalue weighted by Gasteiger charge is 2.22. The fraction of sp³-hybridized carbons (Fsp3) is 0.529. The van der Waals surface area contributed by atoms with Gasteiger partial charge in [-0.3, -0.25) is 4.79 Å². The SMILES string of the molecule is CCC1CCCN(C(=O)CSCc2ccc(C#N)cc2)C1. The van der Waals surface area contributed by atoms with Gasteiger partial charge >= 0.3 is 0 Å². The highest BCUT2D eigenvalue weighted by molar-refractivity contribution is 7.99. The minimum Gasteiger partial charge on any atom is -0.342 e. The summed E-state index contributed by atoms with van der Waals surface area (Å²) in [6, 6.07) is 9.69. The zero-order valence-corrected chi connectivity index (χ0v) is 13.4. The van der Waals surface area contributed by atoms with Crippen LogP contribution in [-0.2, 0) is 10.5 Å². The summed E-state index contributed by atoms with van der Waals surface area (Å²) in [4.78, 5) is 14.2. The predicted molar refractivity (Wildman–Crippen MR) is 86.9 cm³/mol. The summed E-state index contributed by atoms with van der Waals surface area (Å²) in [5.74, 6) is 2.33. The van der Waals surface area contributed by atoms with Crippen molar-refractivity contribution < 1.29 is 4.79 Å². The van der Waals surface area contributed by atoms with Gasteiger partial charge in [-0.1, -0.05) is 25.5 Å². The van der Waals surface area contributed by atoms with Gasteiger partial charge in [0.15, 0.2) is 0 Å². The molecule has 0 bridgehead atoms. The van der Waals surface area contributed by atoms with Gasteiger partial charge in [0.2, 0.25) is 5.91 Å². The maximum Gasteiger partial charge on any atom is 0.232 e. The lowest BCUT2D eigenvalue weighted by Gasteiger charge is -2.32. The van der Waals surface area contributed by atoms with Crippen molar-refractivity contribution in [2.24, 2.45) is 5.92 Å². The van der Waals surface area contributed by atoms with E-state index in [-0.39, 0.29) is 5.91 Å². The number of piperidine rings is 1. The van der Waals surface area contributed by atoms with Crippen LogP contribution in [0.1, 0.15) is 37.3 Å². The molecular weight excluding hydrogens is 280 g/mol. The van der Waals surface area contributed by atoms with Crippen molar-refractivity contribution >= 4 is 17.7 Å². The van der Waals surface area contributed by atoms with E-state index < -0.39 is 0 Å². The molecule has 0 aromatic heterocycles. The fourth-order valence-corrected chi connectivity index (χ4v) is 3.54. The Hall–Kier alpha value is -1.47. The standard InChI is InChI=1S/C17H22N2OS/c1-2-14-4-3-9-19(11-14)17(20)13-21-12-16-7-5-15(10-18)6-8-16/h5-8,14H,2-4,9,11-13H2,1H3. The maximum atomic E-state index is 12.2. The first-order valence-electron chi connectivity index (χ1n) is 7.57. The van der Waals surface area contributed by atoms with Crippen LogP contribution in [0.4, 0.5) is 0 Å². The first-order chi connectivity index (χ1) is 10.2. The molecule has 0 aliphatic carbocycles. The summed E-state index contributed by atoms with van der Waals surface area (Å²) in [5.41, 5.74) is 1.84. The minimum absolute atomic E-state index is 0.270. The van der Waals surface area contributed by atoms with Gasteiger partial charge in [0, 0.05) is 18.8 Å². The van der Waals surface area contributed by atoms with Crippen LogP contribution in [0.25, 0.3) is 0 Å². The van der Waals surface area contributed by atoms with Crippen LogP contribution >= 0.6 is 11.8 Å². The van der Waals surface area contributed by atoms with Gasteiger partial charge in [-0.25, -0.2) is 0 Å². The molecule has 2 rings (SSSR count). The molecule has 0 saturated carbocycles. The molecule has 1 atom stereocenters. The fourth-order valence-electron chi connectivity index (χ4n) is 2.65. The average molecular weight is 302 g/mol. The number of likely N-dealkylation sites (tertiary alicyclic amines) is 1. The second kappa shape index (κ2) is 8.09. The molecule has 1 aliphatic rings. The Morgan fingerprint density at radius 1 is 1.43 bits per heavy atom. The molecule has 1 fully saturated rings. The van der Waals surface area contributed by atoms with Crippen molar-refractivity contribution in [2.45, 2.75) is 31.9 Å². The van der Waals surface area contributed by atoms with Crippen molar-refractivity contribution in [3.63, 3.8) is 0 Å². The highest BCUT2D eigenvalue weighted by atomic mass is 32.2. The Morgan fingerprint density at radius 3 is 2.86 bits per heavy atom. The number of benzene rings is 1. The van der Waals surface area contributed by atoms with Crippen molar-refractivity contribution in [1.29, 1.82) is 5.26 Å². The summed E-state index contributed by atoms with van der Waals surface area (Å²) in [7, 11) is 0. The minimum atomic E-state index is 0.270. The summed E-state index contributed by atoms with van der Waals surface area (Å²) in [6.07, 6.45) is 3.57.